The molecule has 2 N–H and O–H groups in total. The van der Waals surface area contributed by atoms with E-state index in [1.54, 1.807) is 0 Å². The Balaban J connectivity index is 1.70. The average Bonchev–Trinajstić information content (AvgIpc) is 3.16. The van der Waals surface area contributed by atoms with E-state index in [0.717, 1.165) is 19.3 Å². The zero-order valence-corrected chi connectivity index (χ0v) is 20.0. The van der Waals surface area contributed by atoms with Gasteiger partial charge in [0.05, 0.1) is 0 Å². The maximum absolute atomic E-state index is 5.89. The summed E-state index contributed by atoms with van der Waals surface area (Å²) in [6, 6.07) is 19.5. The number of nitrogens with two attached hydrogens (primary N) is 1. The van der Waals surface area contributed by atoms with Gasteiger partial charge in [0.1, 0.15) is 0 Å². The van der Waals surface area contributed by atoms with Gasteiger partial charge in [0.15, 0.2) is 0 Å². The molecule has 0 radical (unpaired) electrons. The lowest BCUT2D eigenvalue weighted by Crippen LogP contribution is -2.05. The van der Waals surface area contributed by atoms with E-state index in [4.69, 9.17) is 5.73 Å². The van der Waals surface area contributed by atoms with Crippen LogP contribution in [-0.2, 0) is 0 Å². The summed E-state index contributed by atoms with van der Waals surface area (Å²) in [5, 5.41) is 0. The number of allylic oxidation sites excluding steroid dienone is 13. The second kappa shape index (κ2) is 11.4. The number of hydrogen-bond donors (Lipinski definition) is 1. The van der Waals surface area contributed by atoms with Crippen LogP contribution in [0.3, 0.4) is 0 Å². The SMILES string of the molecule is C=C/C(=C\C(=C/C)c1cccc(C2=CCC=CC=C2c2ccccc2)c1)C1=CC(CN)=CCC1. The molecule has 0 unspecified atom stereocenters. The van der Waals surface area contributed by atoms with Gasteiger partial charge in [-0.2, -0.15) is 0 Å². The quantitative estimate of drug-likeness (QED) is 0.428. The minimum atomic E-state index is 0.577. The van der Waals surface area contributed by atoms with Crippen molar-refractivity contribution in [2.45, 2.75) is 26.2 Å². The topological polar surface area (TPSA) is 26.0 Å². The van der Waals surface area contributed by atoms with Crippen LogP contribution in [0.15, 0.2) is 133 Å². The molecule has 2 aliphatic rings. The molecule has 1 heteroatoms. The lowest BCUT2D eigenvalue weighted by molar-refractivity contribution is 0.947. The average molecular weight is 444 g/mol. The van der Waals surface area contributed by atoms with E-state index in [0.29, 0.717) is 6.54 Å². The van der Waals surface area contributed by atoms with Crippen molar-refractivity contribution in [2.24, 2.45) is 5.73 Å². The van der Waals surface area contributed by atoms with Gasteiger partial charge < -0.3 is 5.73 Å². The van der Waals surface area contributed by atoms with Gasteiger partial charge >= 0.3 is 0 Å². The molecule has 2 aromatic carbocycles. The van der Waals surface area contributed by atoms with E-state index >= 15 is 0 Å². The van der Waals surface area contributed by atoms with Crippen molar-refractivity contribution in [1.29, 1.82) is 0 Å². The van der Waals surface area contributed by atoms with Crippen LogP contribution in [0.5, 0.6) is 0 Å². The summed E-state index contributed by atoms with van der Waals surface area (Å²) >= 11 is 0. The standard InChI is InChI=1S/C33H33N/c1-3-26(29-16-11-13-25(21-29)24-34)22-27(4-2)30-17-12-18-31(23-30)33-20-10-6-9-19-32(33)28-14-7-5-8-15-28/h3-9,12-15,17-23H,1,10-11,16,24,34H2,2H3/b26-22+,27-4+. The first-order valence-corrected chi connectivity index (χ1v) is 12.1. The van der Waals surface area contributed by atoms with Gasteiger partial charge in [-0.05, 0) is 88.5 Å². The highest BCUT2D eigenvalue weighted by Gasteiger charge is 2.13. The first kappa shape index (κ1) is 23.5. The second-order valence-corrected chi connectivity index (χ2v) is 8.55. The minimum Gasteiger partial charge on any atom is -0.327 e. The van der Waals surface area contributed by atoms with Gasteiger partial charge in [-0.3, -0.25) is 0 Å². The summed E-state index contributed by atoms with van der Waals surface area (Å²) < 4.78 is 0. The molecule has 170 valence electrons. The first-order chi connectivity index (χ1) is 16.7. The van der Waals surface area contributed by atoms with E-state index in [-0.39, 0.29) is 0 Å². The molecule has 34 heavy (non-hydrogen) atoms. The molecule has 0 spiro atoms. The summed E-state index contributed by atoms with van der Waals surface area (Å²) in [6.07, 6.45) is 22.8. The van der Waals surface area contributed by atoms with Crippen LogP contribution in [0.2, 0.25) is 0 Å². The van der Waals surface area contributed by atoms with Crippen molar-refractivity contribution in [2.75, 3.05) is 6.54 Å². The van der Waals surface area contributed by atoms with E-state index in [2.05, 4.69) is 117 Å². The van der Waals surface area contributed by atoms with Gasteiger partial charge in [-0.15, -0.1) is 0 Å². The highest BCUT2D eigenvalue weighted by molar-refractivity contribution is 6.06. The Kier molecular flexibility index (Phi) is 7.91. The normalized spacial score (nSPS) is 16.8. The largest absolute Gasteiger partial charge is 0.327 e. The van der Waals surface area contributed by atoms with E-state index < -0.39 is 0 Å². The third-order valence-corrected chi connectivity index (χ3v) is 6.37. The Morgan fingerprint density at radius 1 is 0.971 bits per heavy atom. The molecule has 0 heterocycles. The van der Waals surface area contributed by atoms with Gasteiger partial charge in [0, 0.05) is 6.54 Å². The Bertz CT molecular complexity index is 1260. The summed E-state index contributed by atoms with van der Waals surface area (Å²) in [7, 11) is 0. The van der Waals surface area contributed by atoms with Crippen LogP contribution in [0.4, 0.5) is 0 Å². The monoisotopic (exact) mass is 443 g/mol. The van der Waals surface area contributed by atoms with Crippen LogP contribution in [0, 0.1) is 0 Å². The van der Waals surface area contributed by atoms with Crippen LogP contribution in [0.1, 0.15) is 42.9 Å². The zero-order chi connectivity index (χ0) is 23.8. The molecule has 1 nitrogen and oxygen atoms in total. The van der Waals surface area contributed by atoms with Crippen molar-refractivity contribution < 1.29 is 0 Å². The summed E-state index contributed by atoms with van der Waals surface area (Å²) in [4.78, 5) is 0. The third-order valence-electron chi connectivity index (χ3n) is 6.37. The van der Waals surface area contributed by atoms with Crippen LogP contribution < -0.4 is 5.73 Å². The zero-order valence-electron chi connectivity index (χ0n) is 20.0. The Morgan fingerprint density at radius 2 is 1.79 bits per heavy atom. The highest BCUT2D eigenvalue weighted by Crippen LogP contribution is 2.35. The van der Waals surface area contributed by atoms with E-state index in [9.17, 15) is 0 Å². The predicted octanol–water partition coefficient (Wildman–Crippen LogP) is 8.23. The van der Waals surface area contributed by atoms with Crippen molar-refractivity contribution in [3.63, 3.8) is 0 Å². The van der Waals surface area contributed by atoms with Crippen molar-refractivity contribution in [3.8, 4) is 0 Å². The maximum Gasteiger partial charge on any atom is 0.0175 e. The molecule has 4 rings (SSSR count). The van der Waals surface area contributed by atoms with Gasteiger partial charge in [0.25, 0.3) is 0 Å². The molecule has 0 aromatic heterocycles. The lowest BCUT2D eigenvalue weighted by atomic mass is 9.89. The molecule has 2 aromatic rings. The summed E-state index contributed by atoms with van der Waals surface area (Å²) in [5.41, 5.74) is 17.0. The molecule has 0 bridgehead atoms. The first-order valence-electron chi connectivity index (χ1n) is 12.1. The Hall–Kier alpha value is -3.68. The minimum absolute atomic E-state index is 0.577. The highest BCUT2D eigenvalue weighted by atomic mass is 14.5. The second-order valence-electron chi connectivity index (χ2n) is 8.55. The summed E-state index contributed by atoms with van der Waals surface area (Å²) in [5.74, 6) is 0. The van der Waals surface area contributed by atoms with Crippen molar-refractivity contribution >= 4 is 16.7 Å². The Labute approximate surface area is 204 Å². The molecule has 0 atom stereocenters. The van der Waals surface area contributed by atoms with Gasteiger partial charge in [-0.25, -0.2) is 0 Å². The molecule has 0 amide bonds. The number of hydrogen-bond acceptors (Lipinski definition) is 1. The molecular weight excluding hydrogens is 410 g/mol. The predicted molar refractivity (Wildman–Crippen MR) is 149 cm³/mol. The van der Waals surface area contributed by atoms with Crippen LogP contribution in [-0.4, -0.2) is 6.54 Å². The van der Waals surface area contributed by atoms with Crippen molar-refractivity contribution in [1.82, 2.24) is 0 Å². The lowest BCUT2D eigenvalue weighted by Gasteiger charge is -2.16. The molecule has 2 aliphatic carbocycles. The molecular formula is C33H33N. The third kappa shape index (κ3) is 5.44. The Morgan fingerprint density at radius 3 is 2.56 bits per heavy atom. The number of benzene rings is 2. The van der Waals surface area contributed by atoms with Crippen LogP contribution >= 0.6 is 0 Å². The molecule has 0 aliphatic heterocycles. The summed E-state index contributed by atoms with van der Waals surface area (Å²) in [6.45, 7) is 6.78. The maximum atomic E-state index is 5.89. The molecule has 0 fully saturated rings. The smallest absolute Gasteiger partial charge is 0.0175 e. The van der Waals surface area contributed by atoms with Crippen LogP contribution in [0.25, 0.3) is 16.7 Å². The van der Waals surface area contributed by atoms with Gasteiger partial charge in [-0.1, -0.05) is 104 Å². The fraction of sp³-hybridized carbons (Fsp3) is 0.152. The molecule has 0 saturated carbocycles. The van der Waals surface area contributed by atoms with E-state index in [1.807, 2.05) is 6.08 Å². The van der Waals surface area contributed by atoms with E-state index in [1.165, 1.54) is 50.1 Å². The fourth-order valence-corrected chi connectivity index (χ4v) is 4.56. The van der Waals surface area contributed by atoms with Gasteiger partial charge in [0.2, 0.25) is 0 Å². The molecule has 0 saturated heterocycles. The van der Waals surface area contributed by atoms with Crippen molar-refractivity contribution in [3.05, 3.63) is 149 Å². The fourth-order valence-electron chi connectivity index (χ4n) is 4.56. The number of rotatable bonds is 7.